The Labute approximate surface area is 138 Å². The summed E-state index contributed by atoms with van der Waals surface area (Å²) in [6.45, 7) is 7.23. The molecule has 2 heterocycles. The minimum absolute atomic E-state index is 0.00180. The number of nitrogens with zero attached hydrogens (tertiary/aromatic N) is 1. The fourth-order valence-corrected chi connectivity index (χ4v) is 3.13. The van der Waals surface area contributed by atoms with E-state index in [1.165, 1.54) is 0 Å². The molecule has 0 aromatic heterocycles. The Balaban J connectivity index is 1.88. The number of hydrogen-bond acceptors (Lipinski definition) is 4. The summed E-state index contributed by atoms with van der Waals surface area (Å²) in [7, 11) is 0. The Bertz CT molecular complexity index is 388. The first kappa shape index (κ1) is 18.2. The van der Waals surface area contributed by atoms with Gasteiger partial charge in [-0.15, -0.1) is 0 Å². The lowest BCUT2D eigenvalue weighted by Crippen LogP contribution is -2.52. The van der Waals surface area contributed by atoms with E-state index in [-0.39, 0.29) is 17.9 Å². The normalized spacial score (nSPS) is 23.6. The Kier molecular flexibility index (Phi) is 7.30. The van der Waals surface area contributed by atoms with Crippen molar-refractivity contribution in [2.75, 3.05) is 32.9 Å². The van der Waals surface area contributed by atoms with E-state index < -0.39 is 6.04 Å². The Morgan fingerprint density at radius 3 is 2.52 bits per heavy atom. The molecule has 2 rings (SSSR count). The lowest BCUT2D eigenvalue weighted by molar-refractivity contribution is -0.141. The quantitative estimate of drug-likeness (QED) is 0.800. The van der Waals surface area contributed by atoms with Gasteiger partial charge in [-0.3, -0.25) is 9.59 Å². The second kappa shape index (κ2) is 9.23. The summed E-state index contributed by atoms with van der Waals surface area (Å²) in [5.74, 6) is 0.278. The van der Waals surface area contributed by atoms with Gasteiger partial charge in [0.15, 0.2) is 0 Å². The number of carbonyl (C=O) groups is 2. The molecule has 2 amide bonds. The number of amides is 2. The summed E-state index contributed by atoms with van der Waals surface area (Å²) >= 11 is 0. The molecule has 2 unspecified atom stereocenters. The molecule has 6 heteroatoms. The van der Waals surface area contributed by atoms with Gasteiger partial charge in [0, 0.05) is 19.7 Å². The molecule has 2 atom stereocenters. The molecule has 0 spiro atoms. The van der Waals surface area contributed by atoms with E-state index in [9.17, 15) is 9.59 Å². The molecular weight excluding hydrogens is 296 g/mol. The van der Waals surface area contributed by atoms with Gasteiger partial charge in [0.05, 0.1) is 25.7 Å². The van der Waals surface area contributed by atoms with Gasteiger partial charge in [0.2, 0.25) is 11.8 Å². The van der Waals surface area contributed by atoms with E-state index in [1.54, 1.807) is 4.90 Å². The number of nitrogens with one attached hydrogen (secondary N) is 1. The second-order valence-corrected chi connectivity index (χ2v) is 6.88. The highest BCUT2D eigenvalue weighted by molar-refractivity contribution is 5.87. The first-order chi connectivity index (χ1) is 11.1. The molecule has 0 radical (unpaired) electrons. The van der Waals surface area contributed by atoms with Crippen molar-refractivity contribution in [3.8, 4) is 0 Å². The Morgan fingerprint density at radius 1 is 1.17 bits per heavy atom. The second-order valence-electron chi connectivity index (χ2n) is 6.88. The first-order valence-corrected chi connectivity index (χ1v) is 8.83. The van der Waals surface area contributed by atoms with Gasteiger partial charge >= 0.3 is 0 Å². The molecule has 0 aromatic rings. The van der Waals surface area contributed by atoms with E-state index in [2.05, 4.69) is 19.2 Å². The van der Waals surface area contributed by atoms with Gasteiger partial charge in [-0.25, -0.2) is 0 Å². The van der Waals surface area contributed by atoms with Crippen molar-refractivity contribution < 1.29 is 19.1 Å². The standard InChI is InChI=1S/C17H30N2O4/c1-13(2)11-15(17(21)19-6-9-22-10-7-19)18-16(20)12-14-5-3-4-8-23-14/h13-15H,3-12H2,1-2H3,(H,18,20). The molecule has 1 N–H and O–H groups in total. The Hall–Kier alpha value is -1.14. The molecule has 2 saturated heterocycles. The summed E-state index contributed by atoms with van der Waals surface area (Å²) in [4.78, 5) is 26.8. The number of carbonyl (C=O) groups excluding carboxylic acids is 2. The first-order valence-electron chi connectivity index (χ1n) is 8.83. The third kappa shape index (κ3) is 6.11. The van der Waals surface area contributed by atoms with Crippen molar-refractivity contribution in [2.45, 2.75) is 58.1 Å². The lowest BCUT2D eigenvalue weighted by Gasteiger charge is -2.31. The van der Waals surface area contributed by atoms with Crippen LogP contribution in [0.25, 0.3) is 0 Å². The topological polar surface area (TPSA) is 67.9 Å². The largest absolute Gasteiger partial charge is 0.378 e. The van der Waals surface area contributed by atoms with Gasteiger partial charge < -0.3 is 19.7 Å². The van der Waals surface area contributed by atoms with Gasteiger partial charge in [0.1, 0.15) is 6.04 Å². The van der Waals surface area contributed by atoms with Crippen LogP contribution >= 0.6 is 0 Å². The summed E-state index contributed by atoms with van der Waals surface area (Å²) < 4.78 is 10.9. The summed E-state index contributed by atoms with van der Waals surface area (Å²) in [6.07, 6.45) is 4.13. The number of ether oxygens (including phenoxy) is 2. The predicted molar refractivity (Wildman–Crippen MR) is 87.0 cm³/mol. The van der Waals surface area contributed by atoms with Crippen LogP contribution in [-0.4, -0.2) is 61.8 Å². The number of hydrogen-bond donors (Lipinski definition) is 1. The van der Waals surface area contributed by atoms with Crippen LogP contribution in [0.5, 0.6) is 0 Å². The highest BCUT2D eigenvalue weighted by Gasteiger charge is 2.28. The number of rotatable bonds is 6. The average molecular weight is 326 g/mol. The Morgan fingerprint density at radius 2 is 1.91 bits per heavy atom. The van der Waals surface area contributed by atoms with Gasteiger partial charge in [-0.1, -0.05) is 13.8 Å². The zero-order chi connectivity index (χ0) is 16.7. The molecule has 132 valence electrons. The van der Waals surface area contributed by atoms with Gasteiger partial charge in [-0.2, -0.15) is 0 Å². The number of morpholine rings is 1. The van der Waals surface area contributed by atoms with Crippen molar-refractivity contribution in [3.63, 3.8) is 0 Å². The van der Waals surface area contributed by atoms with E-state index in [1.807, 2.05) is 0 Å². The monoisotopic (exact) mass is 326 g/mol. The fourth-order valence-electron chi connectivity index (χ4n) is 3.13. The third-order valence-corrected chi connectivity index (χ3v) is 4.35. The molecule has 0 saturated carbocycles. The maximum atomic E-state index is 12.7. The van der Waals surface area contributed by atoms with Crippen molar-refractivity contribution in [3.05, 3.63) is 0 Å². The van der Waals surface area contributed by atoms with E-state index >= 15 is 0 Å². The van der Waals surface area contributed by atoms with Crippen LogP contribution in [-0.2, 0) is 19.1 Å². The minimum atomic E-state index is -0.441. The minimum Gasteiger partial charge on any atom is -0.378 e. The van der Waals surface area contributed by atoms with Gasteiger partial charge in [0.25, 0.3) is 0 Å². The van der Waals surface area contributed by atoms with Crippen molar-refractivity contribution >= 4 is 11.8 Å². The molecular formula is C17H30N2O4. The zero-order valence-corrected chi connectivity index (χ0v) is 14.4. The van der Waals surface area contributed by atoms with Crippen molar-refractivity contribution in [2.24, 2.45) is 5.92 Å². The molecule has 2 aliphatic rings. The van der Waals surface area contributed by atoms with Crippen molar-refractivity contribution in [1.82, 2.24) is 10.2 Å². The fraction of sp³-hybridized carbons (Fsp3) is 0.882. The SMILES string of the molecule is CC(C)CC(NC(=O)CC1CCCCO1)C(=O)N1CCOCC1. The van der Waals surface area contributed by atoms with Crippen LogP contribution in [0.3, 0.4) is 0 Å². The third-order valence-electron chi connectivity index (χ3n) is 4.35. The molecule has 0 aromatic carbocycles. The van der Waals surface area contributed by atoms with E-state index in [0.717, 1.165) is 25.9 Å². The smallest absolute Gasteiger partial charge is 0.245 e. The van der Waals surface area contributed by atoms with Crippen LogP contribution in [0.2, 0.25) is 0 Å². The molecule has 0 bridgehead atoms. The zero-order valence-electron chi connectivity index (χ0n) is 14.4. The van der Waals surface area contributed by atoms with E-state index in [4.69, 9.17) is 9.47 Å². The lowest BCUT2D eigenvalue weighted by atomic mass is 10.0. The average Bonchev–Trinajstić information content (AvgIpc) is 2.55. The summed E-state index contributed by atoms with van der Waals surface area (Å²) in [5, 5.41) is 2.94. The molecule has 0 aliphatic carbocycles. The molecule has 6 nitrogen and oxygen atoms in total. The molecule has 2 fully saturated rings. The molecule has 2 aliphatic heterocycles. The highest BCUT2D eigenvalue weighted by atomic mass is 16.5. The maximum Gasteiger partial charge on any atom is 0.245 e. The highest BCUT2D eigenvalue weighted by Crippen LogP contribution is 2.16. The maximum absolute atomic E-state index is 12.7. The van der Waals surface area contributed by atoms with Crippen LogP contribution in [0.1, 0.15) is 46.0 Å². The summed E-state index contributed by atoms with van der Waals surface area (Å²) in [6, 6.07) is -0.441. The summed E-state index contributed by atoms with van der Waals surface area (Å²) in [5.41, 5.74) is 0. The van der Waals surface area contributed by atoms with Crippen LogP contribution < -0.4 is 5.32 Å². The molecule has 23 heavy (non-hydrogen) atoms. The van der Waals surface area contributed by atoms with Crippen LogP contribution in [0, 0.1) is 5.92 Å². The van der Waals surface area contributed by atoms with E-state index in [0.29, 0.717) is 45.1 Å². The van der Waals surface area contributed by atoms with Crippen molar-refractivity contribution in [1.29, 1.82) is 0 Å². The van der Waals surface area contributed by atoms with Crippen LogP contribution in [0.4, 0.5) is 0 Å². The van der Waals surface area contributed by atoms with Crippen LogP contribution in [0.15, 0.2) is 0 Å². The van der Waals surface area contributed by atoms with Gasteiger partial charge in [-0.05, 0) is 31.6 Å². The predicted octanol–water partition coefficient (Wildman–Crippen LogP) is 1.34.